The molecule has 2 heterocycles. The first-order chi connectivity index (χ1) is 12.0. The minimum Gasteiger partial charge on any atom is -0.474 e. The first-order valence-corrected chi connectivity index (χ1v) is 7.88. The van der Waals surface area contributed by atoms with Crippen molar-refractivity contribution in [2.75, 3.05) is 13.1 Å². The Balaban J connectivity index is 1.53. The van der Waals surface area contributed by atoms with Gasteiger partial charge in [-0.15, -0.1) is 0 Å². The molecular formula is C18H14FN3O3. The SMILES string of the molecule is N#Cc1cc(O[C@@H]2[C@@H]3CN(C(=O)O)C[C@@H]32)nc(-c2ccc(F)cc2)c1. The molecule has 2 aliphatic rings. The van der Waals surface area contributed by atoms with Crippen LogP contribution in [0.2, 0.25) is 0 Å². The summed E-state index contributed by atoms with van der Waals surface area (Å²) in [5.41, 5.74) is 1.63. The second kappa shape index (κ2) is 5.74. The lowest BCUT2D eigenvalue weighted by molar-refractivity contribution is 0.139. The van der Waals surface area contributed by atoms with Gasteiger partial charge in [-0.25, -0.2) is 14.2 Å². The number of piperidine rings is 1. The molecule has 1 amide bonds. The lowest BCUT2D eigenvalue weighted by atomic mass is 10.1. The molecule has 126 valence electrons. The Kier molecular flexibility index (Phi) is 3.53. The van der Waals surface area contributed by atoms with E-state index in [9.17, 15) is 14.4 Å². The third kappa shape index (κ3) is 2.87. The van der Waals surface area contributed by atoms with Crippen molar-refractivity contribution >= 4 is 6.09 Å². The van der Waals surface area contributed by atoms with Gasteiger partial charge in [-0.05, 0) is 30.3 Å². The highest BCUT2D eigenvalue weighted by Gasteiger charge is 2.59. The van der Waals surface area contributed by atoms with E-state index in [-0.39, 0.29) is 23.8 Å². The largest absolute Gasteiger partial charge is 0.474 e. The molecule has 0 radical (unpaired) electrons. The van der Waals surface area contributed by atoms with Gasteiger partial charge in [0.2, 0.25) is 5.88 Å². The fourth-order valence-corrected chi connectivity index (χ4v) is 3.34. The normalized spacial score (nSPS) is 23.7. The van der Waals surface area contributed by atoms with Crippen LogP contribution in [0.3, 0.4) is 0 Å². The maximum atomic E-state index is 13.1. The van der Waals surface area contributed by atoms with Crippen LogP contribution in [0, 0.1) is 29.0 Å². The van der Waals surface area contributed by atoms with Crippen molar-refractivity contribution in [3.05, 3.63) is 47.8 Å². The molecule has 6 nitrogen and oxygen atoms in total. The van der Waals surface area contributed by atoms with Gasteiger partial charge >= 0.3 is 6.09 Å². The molecule has 2 aromatic rings. The van der Waals surface area contributed by atoms with Gasteiger partial charge in [0.1, 0.15) is 11.9 Å². The van der Waals surface area contributed by atoms with E-state index in [1.165, 1.54) is 17.0 Å². The molecule has 1 aliphatic heterocycles. The lowest BCUT2D eigenvalue weighted by Gasteiger charge is -2.16. The average Bonchev–Trinajstić information content (AvgIpc) is 3.05. The third-order valence-corrected chi connectivity index (χ3v) is 4.71. The zero-order valence-electron chi connectivity index (χ0n) is 13.1. The second-order valence-corrected chi connectivity index (χ2v) is 6.30. The molecule has 1 aromatic carbocycles. The highest BCUT2D eigenvalue weighted by atomic mass is 19.1. The van der Waals surface area contributed by atoms with Gasteiger partial charge in [-0.2, -0.15) is 5.26 Å². The smallest absolute Gasteiger partial charge is 0.407 e. The Hall–Kier alpha value is -3.14. The lowest BCUT2D eigenvalue weighted by Crippen LogP contribution is -2.31. The van der Waals surface area contributed by atoms with Gasteiger partial charge in [0.15, 0.2) is 0 Å². The number of rotatable bonds is 3. The van der Waals surface area contributed by atoms with Gasteiger partial charge in [0.25, 0.3) is 0 Å². The number of carbonyl (C=O) groups is 1. The Bertz CT molecular complexity index is 866. The topological polar surface area (TPSA) is 86.5 Å². The van der Waals surface area contributed by atoms with E-state index in [1.54, 1.807) is 24.3 Å². The molecule has 3 atom stereocenters. The van der Waals surface area contributed by atoms with E-state index in [2.05, 4.69) is 11.1 Å². The van der Waals surface area contributed by atoms with Crippen LogP contribution in [0.15, 0.2) is 36.4 Å². The van der Waals surface area contributed by atoms with E-state index in [0.29, 0.717) is 35.8 Å². The molecule has 0 spiro atoms. The molecule has 1 aromatic heterocycles. The summed E-state index contributed by atoms with van der Waals surface area (Å²) >= 11 is 0. The van der Waals surface area contributed by atoms with Crippen LogP contribution in [0.1, 0.15) is 5.56 Å². The molecule has 25 heavy (non-hydrogen) atoms. The van der Waals surface area contributed by atoms with Gasteiger partial charge in [0, 0.05) is 36.6 Å². The van der Waals surface area contributed by atoms with Crippen LogP contribution in [-0.4, -0.2) is 40.3 Å². The number of fused-ring (bicyclic) bond motifs is 1. The number of amides is 1. The summed E-state index contributed by atoms with van der Waals surface area (Å²) in [4.78, 5) is 16.8. The van der Waals surface area contributed by atoms with Crippen molar-refractivity contribution in [1.82, 2.24) is 9.88 Å². The average molecular weight is 339 g/mol. The minimum absolute atomic E-state index is 0.0712. The summed E-state index contributed by atoms with van der Waals surface area (Å²) in [6.07, 6.45) is -0.979. The maximum Gasteiger partial charge on any atom is 0.407 e. The molecule has 2 fully saturated rings. The van der Waals surface area contributed by atoms with Gasteiger partial charge < -0.3 is 14.7 Å². The van der Waals surface area contributed by atoms with E-state index >= 15 is 0 Å². The maximum absolute atomic E-state index is 13.1. The summed E-state index contributed by atoms with van der Waals surface area (Å²) in [6, 6.07) is 11.1. The highest BCUT2D eigenvalue weighted by Crippen LogP contribution is 2.47. The Labute approximate surface area is 143 Å². The molecule has 1 N–H and O–H groups in total. The van der Waals surface area contributed by atoms with Crippen LogP contribution in [0.5, 0.6) is 5.88 Å². The molecule has 1 aliphatic carbocycles. The molecular weight excluding hydrogens is 325 g/mol. The minimum atomic E-state index is -0.908. The van der Waals surface area contributed by atoms with Gasteiger partial charge in [-0.1, -0.05) is 0 Å². The number of benzene rings is 1. The number of aromatic nitrogens is 1. The van der Waals surface area contributed by atoms with E-state index in [4.69, 9.17) is 9.84 Å². The number of pyridine rings is 1. The molecule has 4 rings (SSSR count). The highest BCUT2D eigenvalue weighted by molar-refractivity contribution is 5.66. The number of likely N-dealkylation sites (tertiary alicyclic amines) is 1. The van der Waals surface area contributed by atoms with Crippen molar-refractivity contribution in [3.8, 4) is 23.2 Å². The molecule has 1 saturated heterocycles. The molecule has 0 bridgehead atoms. The number of hydrogen-bond acceptors (Lipinski definition) is 4. The Morgan fingerprint density at radius 1 is 1.28 bits per heavy atom. The molecule has 0 unspecified atom stereocenters. The second-order valence-electron chi connectivity index (χ2n) is 6.30. The number of halogens is 1. The zero-order chi connectivity index (χ0) is 17.6. The first kappa shape index (κ1) is 15.4. The monoisotopic (exact) mass is 339 g/mol. The van der Waals surface area contributed by atoms with E-state index in [1.807, 2.05) is 0 Å². The van der Waals surface area contributed by atoms with E-state index < -0.39 is 6.09 Å². The zero-order valence-corrected chi connectivity index (χ0v) is 13.1. The number of nitrogens with zero attached hydrogens (tertiary/aromatic N) is 3. The summed E-state index contributed by atoms with van der Waals surface area (Å²) in [5.74, 6) is 0.348. The van der Waals surface area contributed by atoms with Crippen LogP contribution in [-0.2, 0) is 0 Å². The molecule has 7 heteroatoms. The van der Waals surface area contributed by atoms with Crippen molar-refractivity contribution < 1.29 is 19.0 Å². The van der Waals surface area contributed by atoms with Crippen LogP contribution >= 0.6 is 0 Å². The Morgan fingerprint density at radius 3 is 2.56 bits per heavy atom. The molecule has 1 saturated carbocycles. The number of nitriles is 1. The van der Waals surface area contributed by atoms with E-state index in [0.717, 1.165) is 0 Å². The van der Waals surface area contributed by atoms with Crippen LogP contribution in [0.25, 0.3) is 11.3 Å². The predicted molar refractivity (Wildman–Crippen MR) is 85.3 cm³/mol. The van der Waals surface area contributed by atoms with Gasteiger partial charge in [0.05, 0.1) is 17.3 Å². The fraction of sp³-hybridized carbons (Fsp3) is 0.278. The summed E-state index contributed by atoms with van der Waals surface area (Å²) in [5, 5.41) is 18.2. The summed E-state index contributed by atoms with van der Waals surface area (Å²) in [6.45, 7) is 0.931. The van der Waals surface area contributed by atoms with Crippen LogP contribution in [0.4, 0.5) is 9.18 Å². The van der Waals surface area contributed by atoms with Crippen LogP contribution < -0.4 is 4.74 Å². The summed E-state index contributed by atoms with van der Waals surface area (Å²) in [7, 11) is 0. The summed E-state index contributed by atoms with van der Waals surface area (Å²) < 4.78 is 19.0. The number of carboxylic acid groups (broad SMARTS) is 1. The fourth-order valence-electron chi connectivity index (χ4n) is 3.34. The van der Waals surface area contributed by atoms with Crippen molar-refractivity contribution in [2.45, 2.75) is 6.10 Å². The number of hydrogen-bond donors (Lipinski definition) is 1. The first-order valence-electron chi connectivity index (χ1n) is 7.88. The Morgan fingerprint density at radius 2 is 1.96 bits per heavy atom. The quantitative estimate of drug-likeness (QED) is 0.929. The van der Waals surface area contributed by atoms with Crippen molar-refractivity contribution in [1.29, 1.82) is 5.26 Å². The van der Waals surface area contributed by atoms with Gasteiger partial charge in [-0.3, -0.25) is 0 Å². The third-order valence-electron chi connectivity index (χ3n) is 4.71. The standard InChI is InChI=1S/C18H14FN3O3/c19-12-3-1-11(2-4-12)15-5-10(7-20)6-16(21-15)25-17-13-8-22(18(23)24)9-14(13)17/h1-6,13-14,17H,8-9H2,(H,23,24)/t13-,14+,17-. The van der Waals surface area contributed by atoms with Crippen molar-refractivity contribution in [2.24, 2.45) is 11.8 Å². The number of ether oxygens (including phenoxy) is 1. The predicted octanol–water partition coefficient (Wildman–Crippen LogP) is 2.75. The van der Waals surface area contributed by atoms with Crippen molar-refractivity contribution in [3.63, 3.8) is 0 Å².